The van der Waals surface area contributed by atoms with Crippen molar-refractivity contribution >= 4 is 5.97 Å². The van der Waals surface area contributed by atoms with Gasteiger partial charge < -0.3 is 4.74 Å². The summed E-state index contributed by atoms with van der Waals surface area (Å²) in [4.78, 5) is 12.0. The van der Waals surface area contributed by atoms with Gasteiger partial charge >= 0.3 is 5.97 Å². The van der Waals surface area contributed by atoms with Gasteiger partial charge in [-0.15, -0.1) is 0 Å². The average molecular weight is 635 g/mol. The minimum absolute atomic E-state index is 0.0306. The number of hydrogen-bond acceptors (Lipinski definition) is 2. The molecule has 0 N–H and O–H groups in total. The van der Waals surface area contributed by atoms with Gasteiger partial charge in [-0.25, -0.2) is 0 Å². The molecule has 0 aliphatic rings. The number of rotatable bonds is 40. The van der Waals surface area contributed by atoms with Gasteiger partial charge in [-0.05, 0) is 12.8 Å². The van der Waals surface area contributed by atoms with Crippen molar-refractivity contribution in [3.8, 4) is 0 Å². The van der Waals surface area contributed by atoms with Crippen molar-refractivity contribution in [2.45, 2.75) is 264 Å². The molecule has 0 atom stereocenters. The van der Waals surface area contributed by atoms with Crippen LogP contribution in [0.2, 0.25) is 0 Å². The van der Waals surface area contributed by atoms with Crippen LogP contribution < -0.4 is 0 Å². The van der Waals surface area contributed by atoms with Gasteiger partial charge in [0.15, 0.2) is 0 Å². The van der Waals surface area contributed by atoms with Gasteiger partial charge in [-0.1, -0.05) is 245 Å². The molecule has 270 valence electrons. The van der Waals surface area contributed by atoms with Crippen molar-refractivity contribution < 1.29 is 9.53 Å². The van der Waals surface area contributed by atoms with E-state index in [-0.39, 0.29) is 5.97 Å². The Morgan fingerprint density at radius 2 is 0.489 bits per heavy atom. The molecule has 0 aliphatic carbocycles. The molecule has 2 heteroatoms. The molecular formula is C43H86O2. The van der Waals surface area contributed by atoms with Crippen LogP contribution in [0.5, 0.6) is 0 Å². The molecule has 45 heavy (non-hydrogen) atoms. The van der Waals surface area contributed by atoms with Crippen LogP contribution in [0.15, 0.2) is 0 Å². The third kappa shape index (κ3) is 41.4. The van der Waals surface area contributed by atoms with E-state index < -0.39 is 0 Å². The van der Waals surface area contributed by atoms with Crippen molar-refractivity contribution in [3.05, 3.63) is 0 Å². The first-order chi connectivity index (χ1) is 22.3. The normalized spacial score (nSPS) is 11.4. The van der Waals surface area contributed by atoms with Gasteiger partial charge in [0.2, 0.25) is 0 Å². The lowest BCUT2D eigenvalue weighted by Gasteiger charge is -2.06. The predicted octanol–water partition coefficient (Wildman–Crippen LogP) is 15.8. The summed E-state index contributed by atoms with van der Waals surface area (Å²) in [7, 11) is 0. The van der Waals surface area contributed by atoms with Crippen LogP contribution in [0.4, 0.5) is 0 Å². The van der Waals surface area contributed by atoms with Crippen molar-refractivity contribution in [1.29, 1.82) is 0 Å². The number of carbonyl (C=O) groups is 1. The Morgan fingerprint density at radius 1 is 0.289 bits per heavy atom. The van der Waals surface area contributed by atoms with Crippen LogP contribution in [0.1, 0.15) is 264 Å². The molecule has 0 saturated heterocycles. The highest BCUT2D eigenvalue weighted by Gasteiger charge is 2.03. The summed E-state index contributed by atoms with van der Waals surface area (Å²) < 4.78 is 5.46. The number of carbonyl (C=O) groups excluding carboxylic acids is 1. The van der Waals surface area contributed by atoms with Crippen LogP contribution in [0, 0.1) is 0 Å². The summed E-state index contributed by atoms with van der Waals surface area (Å²) in [5, 5.41) is 0. The minimum atomic E-state index is 0.0306. The van der Waals surface area contributed by atoms with Gasteiger partial charge in [0.05, 0.1) is 6.61 Å². The first-order valence-electron chi connectivity index (χ1n) is 21.5. The summed E-state index contributed by atoms with van der Waals surface area (Å²) in [6.45, 7) is 5.22. The average Bonchev–Trinajstić information content (AvgIpc) is 3.05. The zero-order valence-corrected chi connectivity index (χ0v) is 31.6. The Morgan fingerprint density at radius 3 is 0.733 bits per heavy atom. The molecular weight excluding hydrogens is 548 g/mol. The second-order valence-electron chi connectivity index (χ2n) is 14.7. The summed E-state index contributed by atoms with van der Waals surface area (Å²) in [6.07, 6.45) is 53.5. The molecule has 0 radical (unpaired) electrons. The maximum atomic E-state index is 12.0. The lowest BCUT2D eigenvalue weighted by Crippen LogP contribution is -2.05. The van der Waals surface area contributed by atoms with Crippen LogP contribution in [0.3, 0.4) is 0 Å². The first kappa shape index (κ1) is 44.5. The fourth-order valence-corrected chi connectivity index (χ4v) is 6.79. The standard InChI is InChI=1S/C43H86O2/c1-3-5-7-9-11-13-15-17-18-19-20-21-22-23-24-25-26-27-28-29-31-33-35-37-39-41-43(44)45-42-40-38-36-34-32-30-16-14-12-10-8-6-4-2/h3-42H2,1-2H3. The zero-order valence-electron chi connectivity index (χ0n) is 31.6. The van der Waals surface area contributed by atoms with Crippen LogP contribution >= 0.6 is 0 Å². The van der Waals surface area contributed by atoms with Crippen molar-refractivity contribution in [2.24, 2.45) is 0 Å². The van der Waals surface area contributed by atoms with Crippen LogP contribution in [0.25, 0.3) is 0 Å². The third-order valence-electron chi connectivity index (χ3n) is 10.00. The molecule has 0 aliphatic heterocycles. The first-order valence-corrected chi connectivity index (χ1v) is 21.5. The van der Waals surface area contributed by atoms with Gasteiger partial charge in [0, 0.05) is 6.42 Å². The van der Waals surface area contributed by atoms with E-state index in [1.807, 2.05) is 0 Å². The topological polar surface area (TPSA) is 26.3 Å². The highest BCUT2D eigenvalue weighted by molar-refractivity contribution is 5.69. The molecule has 2 nitrogen and oxygen atoms in total. The largest absolute Gasteiger partial charge is 0.466 e. The second kappa shape index (κ2) is 41.5. The summed E-state index contributed by atoms with van der Waals surface area (Å²) in [5.74, 6) is 0.0306. The molecule has 0 amide bonds. The highest BCUT2D eigenvalue weighted by atomic mass is 16.5. The smallest absolute Gasteiger partial charge is 0.305 e. The second-order valence-corrected chi connectivity index (χ2v) is 14.7. The van der Waals surface area contributed by atoms with Crippen LogP contribution in [-0.4, -0.2) is 12.6 Å². The van der Waals surface area contributed by atoms with E-state index in [1.165, 1.54) is 231 Å². The quantitative estimate of drug-likeness (QED) is 0.0495. The molecule has 0 saturated carbocycles. The van der Waals surface area contributed by atoms with E-state index in [2.05, 4.69) is 13.8 Å². The Kier molecular flexibility index (Phi) is 41.0. The number of unbranched alkanes of at least 4 members (excludes halogenated alkanes) is 36. The van der Waals surface area contributed by atoms with Crippen LogP contribution in [-0.2, 0) is 9.53 Å². The van der Waals surface area contributed by atoms with E-state index >= 15 is 0 Å². The predicted molar refractivity (Wildman–Crippen MR) is 202 cm³/mol. The molecule has 0 bridgehead atoms. The number of hydrogen-bond donors (Lipinski definition) is 0. The van der Waals surface area contributed by atoms with Crippen molar-refractivity contribution in [2.75, 3.05) is 6.61 Å². The molecule has 0 aromatic carbocycles. The lowest BCUT2D eigenvalue weighted by molar-refractivity contribution is -0.143. The van der Waals surface area contributed by atoms with Gasteiger partial charge in [0.25, 0.3) is 0 Å². The Hall–Kier alpha value is -0.530. The van der Waals surface area contributed by atoms with Gasteiger partial charge in [-0.2, -0.15) is 0 Å². The molecule has 0 aromatic heterocycles. The van der Waals surface area contributed by atoms with E-state index in [0.29, 0.717) is 13.0 Å². The molecule has 0 unspecified atom stereocenters. The van der Waals surface area contributed by atoms with E-state index in [4.69, 9.17) is 4.74 Å². The Balaban J connectivity index is 3.13. The van der Waals surface area contributed by atoms with E-state index in [0.717, 1.165) is 12.8 Å². The zero-order chi connectivity index (χ0) is 32.6. The minimum Gasteiger partial charge on any atom is -0.466 e. The van der Waals surface area contributed by atoms with Gasteiger partial charge in [-0.3, -0.25) is 4.79 Å². The monoisotopic (exact) mass is 635 g/mol. The molecule has 0 fully saturated rings. The fraction of sp³-hybridized carbons (Fsp3) is 0.977. The van der Waals surface area contributed by atoms with E-state index in [9.17, 15) is 4.79 Å². The fourth-order valence-electron chi connectivity index (χ4n) is 6.79. The summed E-state index contributed by atoms with van der Waals surface area (Å²) in [6, 6.07) is 0. The highest BCUT2D eigenvalue weighted by Crippen LogP contribution is 2.17. The third-order valence-corrected chi connectivity index (χ3v) is 10.00. The Bertz CT molecular complexity index is 530. The molecule has 0 heterocycles. The number of esters is 1. The summed E-state index contributed by atoms with van der Waals surface area (Å²) >= 11 is 0. The molecule has 0 rings (SSSR count). The SMILES string of the molecule is CCCCCCCCCCCCCCCCCCCCCCCCCCCC(=O)OCCCCCCCCCCCCCCC. The Labute approximate surface area is 285 Å². The molecule has 0 aromatic rings. The summed E-state index contributed by atoms with van der Waals surface area (Å²) in [5.41, 5.74) is 0. The molecule has 0 spiro atoms. The van der Waals surface area contributed by atoms with Crippen molar-refractivity contribution in [1.82, 2.24) is 0 Å². The lowest BCUT2D eigenvalue weighted by atomic mass is 10.0. The maximum absolute atomic E-state index is 12.0. The van der Waals surface area contributed by atoms with Gasteiger partial charge in [0.1, 0.15) is 0 Å². The maximum Gasteiger partial charge on any atom is 0.305 e. The number of ether oxygens (including phenoxy) is 1. The van der Waals surface area contributed by atoms with Crippen molar-refractivity contribution in [3.63, 3.8) is 0 Å². The van der Waals surface area contributed by atoms with E-state index in [1.54, 1.807) is 0 Å².